The van der Waals surface area contributed by atoms with E-state index in [-0.39, 0.29) is 55.3 Å². The molecule has 10 nitrogen and oxygen atoms in total. The Morgan fingerprint density at radius 2 is 2.11 bits per heavy atom. The smallest absolute Gasteiger partial charge is 0.433 e. The Morgan fingerprint density at radius 3 is 2.78 bits per heavy atom. The number of hydrogen-bond donors (Lipinski definition) is 4. The highest BCUT2D eigenvalue weighted by atomic mass is 19.4. The van der Waals surface area contributed by atoms with Gasteiger partial charge < -0.3 is 25.1 Å². The molecule has 0 saturated carbocycles. The molecule has 0 aliphatic carbocycles. The number of alkyl halides is 3. The number of amides is 1. The van der Waals surface area contributed by atoms with Crippen LogP contribution in [0.1, 0.15) is 43.1 Å². The third kappa shape index (κ3) is 6.14. The Kier molecular flexibility index (Phi) is 7.83. The molecule has 1 saturated heterocycles. The predicted molar refractivity (Wildman–Crippen MR) is 120 cm³/mol. The van der Waals surface area contributed by atoms with Crippen molar-refractivity contribution in [3.63, 3.8) is 0 Å². The minimum absolute atomic E-state index is 0.0124. The summed E-state index contributed by atoms with van der Waals surface area (Å²) in [6.07, 6.45) is -5.07. The molecule has 36 heavy (non-hydrogen) atoms. The lowest BCUT2D eigenvalue weighted by atomic mass is 9.97. The quantitative estimate of drug-likeness (QED) is 0.440. The summed E-state index contributed by atoms with van der Waals surface area (Å²) in [5.74, 6) is 0.246. The van der Waals surface area contributed by atoms with Crippen LogP contribution >= 0.6 is 0 Å². The van der Waals surface area contributed by atoms with Gasteiger partial charge in [-0.05, 0) is 37.3 Å². The van der Waals surface area contributed by atoms with Gasteiger partial charge >= 0.3 is 12.3 Å². The van der Waals surface area contributed by atoms with Crippen molar-refractivity contribution in [2.45, 2.75) is 63.8 Å². The number of halogens is 3. The molecule has 2 aliphatic heterocycles. The van der Waals surface area contributed by atoms with Crippen LogP contribution in [-0.4, -0.2) is 79.3 Å². The Bertz CT molecular complexity index is 1050. The van der Waals surface area contributed by atoms with Gasteiger partial charge in [0.25, 0.3) is 0 Å². The van der Waals surface area contributed by atoms with Crippen molar-refractivity contribution in [1.29, 1.82) is 0 Å². The summed E-state index contributed by atoms with van der Waals surface area (Å²) in [6.45, 7) is 2.89. The second-order valence-electron chi connectivity index (χ2n) is 9.50. The molecule has 1 amide bonds. The van der Waals surface area contributed by atoms with Crippen LogP contribution in [-0.2, 0) is 19.1 Å². The first-order chi connectivity index (χ1) is 17.0. The number of rotatable bonds is 7. The second kappa shape index (κ2) is 10.7. The fourth-order valence-electron chi connectivity index (χ4n) is 4.92. The summed E-state index contributed by atoms with van der Waals surface area (Å²) in [4.78, 5) is 22.7. The van der Waals surface area contributed by atoms with Gasteiger partial charge in [-0.15, -0.1) is 0 Å². The van der Waals surface area contributed by atoms with Crippen LogP contribution in [0.5, 0.6) is 0 Å². The van der Waals surface area contributed by atoms with Gasteiger partial charge in [0.05, 0.1) is 12.0 Å². The van der Waals surface area contributed by atoms with Crippen molar-refractivity contribution >= 4 is 6.09 Å². The van der Waals surface area contributed by atoms with Crippen LogP contribution in [0.4, 0.5) is 18.0 Å². The number of likely N-dealkylation sites (tertiary alicyclic amines) is 1. The number of carboxylic acid groups (broad SMARTS) is 1. The number of nitrogens with zero attached hydrogens (tertiary/aromatic N) is 4. The van der Waals surface area contributed by atoms with Crippen LogP contribution in [0.25, 0.3) is 11.6 Å². The van der Waals surface area contributed by atoms with Crippen molar-refractivity contribution in [1.82, 2.24) is 25.1 Å². The van der Waals surface area contributed by atoms with Crippen LogP contribution in [0, 0.1) is 5.92 Å². The lowest BCUT2D eigenvalue weighted by molar-refractivity contribution is -0.142. The minimum Gasteiger partial charge on any atom is -0.465 e. The molecule has 2 unspecified atom stereocenters. The maximum Gasteiger partial charge on any atom is 0.433 e. The molecule has 2 aromatic rings. The SMILES string of the molecule is C[C@@H]1CCC(O)N(C[C@H](CC(O)N2CCc3c(nc(-c4ccco4)nc3C(F)(F)F)C2)NC(=O)O)C1. The first kappa shape index (κ1) is 26.3. The van der Waals surface area contributed by atoms with Gasteiger partial charge in [-0.25, -0.2) is 14.8 Å². The molecule has 2 aliphatic rings. The molecule has 4 atom stereocenters. The summed E-state index contributed by atoms with van der Waals surface area (Å²) in [7, 11) is 0. The van der Waals surface area contributed by atoms with Crippen LogP contribution < -0.4 is 5.32 Å². The molecule has 4 N–H and O–H groups in total. The molecule has 4 rings (SSSR count). The highest BCUT2D eigenvalue weighted by molar-refractivity contribution is 5.64. The molecule has 0 radical (unpaired) electrons. The third-order valence-electron chi connectivity index (χ3n) is 6.69. The summed E-state index contributed by atoms with van der Waals surface area (Å²) in [6, 6.07) is 2.29. The van der Waals surface area contributed by atoms with E-state index in [9.17, 15) is 33.3 Å². The van der Waals surface area contributed by atoms with E-state index in [1.165, 1.54) is 18.4 Å². The number of aromatic nitrogens is 2. The standard InChI is InChI=1S/C23H30F3N5O5/c1-13-4-5-18(32)31(10-13)11-14(27-22(34)35)9-19(33)30-7-6-15-16(12-30)28-21(17-3-2-8-36-17)29-20(15)23(24,25)26/h2-3,8,13-14,18-19,27,32-33H,4-7,9-12H2,1H3,(H,34,35)/t13-,14+,18?,19?/m1/s1. The zero-order valence-electron chi connectivity index (χ0n) is 19.8. The van der Waals surface area contributed by atoms with Crippen molar-refractivity contribution in [2.75, 3.05) is 19.6 Å². The zero-order chi connectivity index (χ0) is 26.0. The molecule has 0 bridgehead atoms. The van der Waals surface area contributed by atoms with Crippen molar-refractivity contribution in [3.05, 3.63) is 35.3 Å². The number of hydrogen-bond acceptors (Lipinski definition) is 8. The van der Waals surface area contributed by atoms with Gasteiger partial charge in [0.1, 0.15) is 12.5 Å². The van der Waals surface area contributed by atoms with Gasteiger partial charge in [-0.3, -0.25) is 9.80 Å². The number of piperidine rings is 1. The fourth-order valence-corrected chi connectivity index (χ4v) is 4.92. The topological polar surface area (TPSA) is 135 Å². The lowest BCUT2D eigenvalue weighted by Crippen LogP contribution is -2.52. The summed E-state index contributed by atoms with van der Waals surface area (Å²) < 4.78 is 46.5. The normalized spacial score (nSPS) is 23.2. The Balaban J connectivity index is 1.51. The summed E-state index contributed by atoms with van der Waals surface area (Å²) in [5, 5.41) is 33.0. The Labute approximate surface area is 205 Å². The molecule has 2 aromatic heterocycles. The Hall–Kier alpha value is -2.74. The second-order valence-corrected chi connectivity index (χ2v) is 9.50. The molecule has 198 valence electrons. The lowest BCUT2D eigenvalue weighted by Gasteiger charge is -2.39. The fraction of sp³-hybridized carbons (Fsp3) is 0.609. The molecular formula is C23H30F3N5O5. The van der Waals surface area contributed by atoms with Crippen LogP contribution in [0.2, 0.25) is 0 Å². The molecule has 1 fully saturated rings. The van der Waals surface area contributed by atoms with E-state index >= 15 is 0 Å². The number of nitrogens with one attached hydrogen (secondary N) is 1. The van der Waals surface area contributed by atoms with Crippen LogP contribution in [0.3, 0.4) is 0 Å². The van der Waals surface area contributed by atoms with Gasteiger partial charge in [0.15, 0.2) is 17.3 Å². The molecule has 4 heterocycles. The average Bonchev–Trinajstić information content (AvgIpc) is 3.34. The van der Waals surface area contributed by atoms with Crippen LogP contribution in [0.15, 0.2) is 22.8 Å². The van der Waals surface area contributed by atoms with Crippen molar-refractivity contribution in [3.8, 4) is 11.6 Å². The van der Waals surface area contributed by atoms with Gasteiger partial charge in [-0.2, -0.15) is 13.2 Å². The maximum atomic E-state index is 13.8. The zero-order valence-corrected chi connectivity index (χ0v) is 19.8. The van der Waals surface area contributed by atoms with E-state index in [1.54, 1.807) is 9.80 Å². The first-order valence-corrected chi connectivity index (χ1v) is 11.9. The molecule has 13 heteroatoms. The van der Waals surface area contributed by atoms with Crippen molar-refractivity contribution < 1.29 is 37.7 Å². The van der Waals surface area contributed by atoms with E-state index < -0.39 is 36.5 Å². The summed E-state index contributed by atoms with van der Waals surface area (Å²) >= 11 is 0. The number of aliphatic hydroxyl groups excluding tert-OH is 2. The van der Waals surface area contributed by atoms with Gasteiger partial charge in [-0.1, -0.05) is 6.92 Å². The number of aliphatic hydroxyl groups is 2. The highest BCUT2D eigenvalue weighted by Gasteiger charge is 2.40. The average molecular weight is 514 g/mol. The predicted octanol–water partition coefficient (Wildman–Crippen LogP) is 2.51. The van der Waals surface area contributed by atoms with Gasteiger partial charge in [0.2, 0.25) is 0 Å². The van der Waals surface area contributed by atoms with E-state index in [4.69, 9.17) is 4.42 Å². The number of furan rings is 1. The summed E-state index contributed by atoms with van der Waals surface area (Å²) in [5.41, 5.74) is -0.907. The van der Waals surface area contributed by atoms with Crippen molar-refractivity contribution in [2.24, 2.45) is 5.92 Å². The molecule has 0 spiro atoms. The first-order valence-electron chi connectivity index (χ1n) is 11.9. The minimum atomic E-state index is -4.68. The van der Waals surface area contributed by atoms with E-state index in [0.717, 1.165) is 6.42 Å². The maximum absolute atomic E-state index is 13.8. The number of fused-ring (bicyclic) bond motifs is 1. The molecule has 0 aromatic carbocycles. The Morgan fingerprint density at radius 1 is 1.33 bits per heavy atom. The van der Waals surface area contributed by atoms with Gasteiger partial charge in [0, 0.05) is 44.2 Å². The molecular weight excluding hydrogens is 483 g/mol. The van der Waals surface area contributed by atoms with E-state index in [2.05, 4.69) is 15.3 Å². The third-order valence-corrected chi connectivity index (χ3v) is 6.69. The van der Waals surface area contributed by atoms with E-state index in [0.29, 0.717) is 18.9 Å². The largest absolute Gasteiger partial charge is 0.465 e. The highest BCUT2D eigenvalue weighted by Crippen LogP contribution is 2.35. The number of carbonyl (C=O) groups is 1. The monoisotopic (exact) mass is 513 g/mol. The van der Waals surface area contributed by atoms with E-state index in [1.807, 2.05) is 6.92 Å².